The number of nitrogens with zero attached hydrogens (tertiary/aromatic N) is 1. The second-order valence-electron chi connectivity index (χ2n) is 4.03. The third-order valence-electron chi connectivity index (χ3n) is 2.50. The summed E-state index contributed by atoms with van der Waals surface area (Å²) in [4.78, 5) is 0. The van der Waals surface area contributed by atoms with Gasteiger partial charge in [0.2, 0.25) is 0 Å². The Hall–Kier alpha value is -0.250. The summed E-state index contributed by atoms with van der Waals surface area (Å²) in [7, 11) is -0.712. The number of morpholine rings is 1. The SMILES string of the molecule is C=CC(=C)CS(C)(C)N1CCOCC1. The normalized spacial score (nSPS) is 20.4. The van der Waals surface area contributed by atoms with Crippen LogP contribution in [-0.2, 0) is 4.74 Å². The molecule has 1 rings (SSSR count). The van der Waals surface area contributed by atoms with E-state index < -0.39 is 10.2 Å². The van der Waals surface area contributed by atoms with Crippen molar-refractivity contribution in [1.82, 2.24) is 4.31 Å². The van der Waals surface area contributed by atoms with E-state index in [1.165, 1.54) is 0 Å². The first-order valence-corrected chi connectivity index (χ1v) is 7.48. The standard InChI is InChI=1S/C11H21NOS/c1-5-11(2)10-14(3,4)12-6-8-13-9-7-12/h5H,1-2,6-10H2,3-4H3. The molecule has 82 valence electrons. The molecule has 0 saturated carbocycles. The first-order chi connectivity index (χ1) is 6.56. The fourth-order valence-electron chi connectivity index (χ4n) is 1.64. The van der Waals surface area contributed by atoms with E-state index in [0.717, 1.165) is 37.6 Å². The van der Waals surface area contributed by atoms with Gasteiger partial charge in [-0.05, 0) is 18.1 Å². The van der Waals surface area contributed by atoms with Crippen LogP contribution in [0.2, 0.25) is 0 Å². The van der Waals surface area contributed by atoms with Gasteiger partial charge in [0.05, 0.1) is 13.2 Å². The Morgan fingerprint density at radius 2 is 2.00 bits per heavy atom. The van der Waals surface area contributed by atoms with Crippen LogP contribution < -0.4 is 0 Å². The molecule has 1 aliphatic heterocycles. The predicted octanol–water partition coefficient (Wildman–Crippen LogP) is 2.04. The van der Waals surface area contributed by atoms with Crippen LogP contribution in [0.15, 0.2) is 24.8 Å². The monoisotopic (exact) mass is 215 g/mol. The Morgan fingerprint density at radius 1 is 1.43 bits per heavy atom. The lowest BCUT2D eigenvalue weighted by Gasteiger charge is -2.45. The zero-order chi connectivity index (χ0) is 10.6. The number of rotatable bonds is 4. The van der Waals surface area contributed by atoms with Crippen molar-refractivity contribution in [3.63, 3.8) is 0 Å². The fourth-order valence-corrected chi connectivity index (χ4v) is 3.99. The van der Waals surface area contributed by atoms with E-state index in [2.05, 4.69) is 30.0 Å². The van der Waals surface area contributed by atoms with Gasteiger partial charge in [-0.25, -0.2) is 0 Å². The molecule has 1 fully saturated rings. The molecule has 14 heavy (non-hydrogen) atoms. The van der Waals surface area contributed by atoms with Crippen molar-refractivity contribution >= 4 is 10.2 Å². The molecule has 0 aromatic rings. The summed E-state index contributed by atoms with van der Waals surface area (Å²) in [6.45, 7) is 11.6. The summed E-state index contributed by atoms with van der Waals surface area (Å²) in [5, 5.41) is 0. The summed E-state index contributed by atoms with van der Waals surface area (Å²) in [6, 6.07) is 0. The maximum atomic E-state index is 5.36. The highest BCUT2D eigenvalue weighted by Gasteiger charge is 2.23. The highest BCUT2D eigenvalue weighted by molar-refractivity contribution is 8.30. The Labute approximate surface area is 89.1 Å². The second-order valence-corrected chi connectivity index (χ2v) is 7.79. The maximum absolute atomic E-state index is 5.36. The van der Waals surface area contributed by atoms with Crippen molar-refractivity contribution in [2.75, 3.05) is 44.6 Å². The Balaban J connectivity index is 2.53. The third-order valence-corrected chi connectivity index (χ3v) is 5.34. The van der Waals surface area contributed by atoms with Crippen LogP contribution in [0.5, 0.6) is 0 Å². The van der Waals surface area contributed by atoms with Gasteiger partial charge in [-0.1, -0.05) is 19.2 Å². The summed E-state index contributed by atoms with van der Waals surface area (Å²) in [6.07, 6.45) is 6.55. The van der Waals surface area contributed by atoms with Crippen molar-refractivity contribution in [3.05, 3.63) is 24.8 Å². The van der Waals surface area contributed by atoms with Crippen LogP contribution in [0, 0.1) is 0 Å². The van der Waals surface area contributed by atoms with Crippen LogP contribution >= 0.6 is 10.2 Å². The molecule has 3 heteroatoms. The molecule has 0 amide bonds. The van der Waals surface area contributed by atoms with Gasteiger partial charge in [0.25, 0.3) is 0 Å². The average Bonchev–Trinajstić information content (AvgIpc) is 2.18. The molecule has 0 radical (unpaired) electrons. The number of hydrogen-bond acceptors (Lipinski definition) is 2. The molecule has 0 atom stereocenters. The van der Waals surface area contributed by atoms with Gasteiger partial charge < -0.3 is 4.74 Å². The molecule has 1 heterocycles. The zero-order valence-electron chi connectivity index (χ0n) is 9.29. The van der Waals surface area contributed by atoms with Crippen molar-refractivity contribution < 1.29 is 4.74 Å². The molecule has 0 aromatic heterocycles. The van der Waals surface area contributed by atoms with E-state index in [4.69, 9.17) is 4.74 Å². The van der Waals surface area contributed by atoms with Crippen LogP contribution in [0.4, 0.5) is 0 Å². The summed E-state index contributed by atoms with van der Waals surface area (Å²) in [5.41, 5.74) is 1.15. The Bertz CT molecular complexity index is 219. The van der Waals surface area contributed by atoms with E-state index in [-0.39, 0.29) is 0 Å². The molecular formula is C11H21NOS. The maximum Gasteiger partial charge on any atom is 0.0602 e. The van der Waals surface area contributed by atoms with E-state index in [1.807, 2.05) is 6.08 Å². The van der Waals surface area contributed by atoms with E-state index in [9.17, 15) is 0 Å². The number of hydrogen-bond donors (Lipinski definition) is 0. The van der Waals surface area contributed by atoms with Gasteiger partial charge in [-0.15, -0.1) is 0 Å². The van der Waals surface area contributed by atoms with Crippen LogP contribution in [0.1, 0.15) is 0 Å². The molecule has 0 spiro atoms. The summed E-state index contributed by atoms with van der Waals surface area (Å²) >= 11 is 0. The third kappa shape index (κ3) is 3.15. The van der Waals surface area contributed by atoms with Crippen molar-refractivity contribution in [3.8, 4) is 0 Å². The zero-order valence-corrected chi connectivity index (χ0v) is 10.1. The summed E-state index contributed by atoms with van der Waals surface area (Å²) < 4.78 is 7.90. The molecule has 2 nitrogen and oxygen atoms in total. The number of ether oxygens (including phenoxy) is 1. The highest BCUT2D eigenvalue weighted by atomic mass is 32.3. The smallest absolute Gasteiger partial charge is 0.0602 e. The van der Waals surface area contributed by atoms with Crippen LogP contribution in [0.25, 0.3) is 0 Å². The molecule has 0 N–H and O–H groups in total. The lowest BCUT2D eigenvalue weighted by Crippen LogP contribution is -2.38. The van der Waals surface area contributed by atoms with E-state index >= 15 is 0 Å². The summed E-state index contributed by atoms with van der Waals surface area (Å²) in [5.74, 6) is 1.07. The van der Waals surface area contributed by atoms with Gasteiger partial charge in [0, 0.05) is 18.8 Å². The molecule has 1 aliphatic rings. The van der Waals surface area contributed by atoms with Gasteiger partial charge >= 0.3 is 0 Å². The lowest BCUT2D eigenvalue weighted by atomic mass is 10.4. The lowest BCUT2D eigenvalue weighted by molar-refractivity contribution is 0.0758. The van der Waals surface area contributed by atoms with Gasteiger partial charge in [-0.3, -0.25) is 4.31 Å². The van der Waals surface area contributed by atoms with E-state index in [1.54, 1.807) is 0 Å². The minimum atomic E-state index is -0.712. The predicted molar refractivity (Wildman–Crippen MR) is 66.0 cm³/mol. The average molecular weight is 215 g/mol. The molecule has 0 aliphatic carbocycles. The van der Waals surface area contributed by atoms with Crippen molar-refractivity contribution in [1.29, 1.82) is 0 Å². The molecule has 0 aromatic carbocycles. The van der Waals surface area contributed by atoms with Gasteiger partial charge in [0.15, 0.2) is 0 Å². The Morgan fingerprint density at radius 3 is 2.50 bits per heavy atom. The van der Waals surface area contributed by atoms with E-state index in [0.29, 0.717) is 0 Å². The first-order valence-electron chi connectivity index (χ1n) is 4.90. The second kappa shape index (κ2) is 5.01. The highest BCUT2D eigenvalue weighted by Crippen LogP contribution is 2.45. The molecule has 1 saturated heterocycles. The topological polar surface area (TPSA) is 12.5 Å². The fraction of sp³-hybridized carbons (Fsp3) is 0.636. The molecule has 0 unspecified atom stereocenters. The minimum absolute atomic E-state index is 0.712. The Kier molecular flexibility index (Phi) is 4.23. The first kappa shape index (κ1) is 11.8. The quantitative estimate of drug-likeness (QED) is 0.665. The largest absolute Gasteiger partial charge is 0.379 e. The van der Waals surface area contributed by atoms with Crippen molar-refractivity contribution in [2.24, 2.45) is 0 Å². The molecule has 0 bridgehead atoms. The number of allylic oxidation sites excluding steroid dienone is 1. The van der Waals surface area contributed by atoms with Crippen LogP contribution in [-0.4, -0.2) is 48.9 Å². The van der Waals surface area contributed by atoms with Crippen molar-refractivity contribution in [2.45, 2.75) is 0 Å². The van der Waals surface area contributed by atoms with Crippen LogP contribution in [0.3, 0.4) is 0 Å². The molecular weight excluding hydrogens is 194 g/mol. The minimum Gasteiger partial charge on any atom is -0.379 e. The van der Waals surface area contributed by atoms with Gasteiger partial charge in [-0.2, -0.15) is 10.2 Å². The van der Waals surface area contributed by atoms with Gasteiger partial charge in [0.1, 0.15) is 0 Å².